The Balaban J connectivity index is 3.16. The Labute approximate surface area is 104 Å². The zero-order chi connectivity index (χ0) is 13.7. The van der Waals surface area contributed by atoms with E-state index in [9.17, 15) is 14.9 Å². The minimum atomic E-state index is -0.676. The Morgan fingerprint density at radius 2 is 2.28 bits per heavy atom. The first-order valence-electron chi connectivity index (χ1n) is 5.35. The molecule has 6 nitrogen and oxygen atoms in total. The highest BCUT2D eigenvalue weighted by molar-refractivity contribution is 5.97. The van der Waals surface area contributed by atoms with Crippen LogP contribution in [0.15, 0.2) is 18.2 Å². The smallest absolute Gasteiger partial charge is 0.270 e. The number of carbonyl (C=O) groups is 1. The average molecular weight is 248 g/mol. The van der Waals surface area contributed by atoms with Gasteiger partial charge in [-0.25, -0.2) is 0 Å². The maximum Gasteiger partial charge on any atom is 0.270 e. The molecule has 0 aliphatic rings. The molecule has 0 radical (unpaired) electrons. The van der Waals surface area contributed by atoms with Crippen LogP contribution in [0, 0.1) is 21.4 Å². The van der Waals surface area contributed by atoms with Gasteiger partial charge in [0, 0.05) is 12.1 Å². The van der Waals surface area contributed by atoms with E-state index in [2.05, 4.69) is 0 Å². The zero-order valence-electron chi connectivity index (χ0n) is 10.0. The van der Waals surface area contributed by atoms with Crippen LogP contribution in [0.1, 0.15) is 30.6 Å². The summed E-state index contributed by atoms with van der Waals surface area (Å²) >= 11 is 0. The summed E-state index contributed by atoms with van der Waals surface area (Å²) in [6, 6.07) is 5.67. The molecule has 0 N–H and O–H groups in total. The normalized spacial score (nSPS) is 11.4. The summed E-state index contributed by atoms with van der Waals surface area (Å²) in [5, 5.41) is 19.4. The summed E-state index contributed by atoms with van der Waals surface area (Å²) in [6.07, 6.45) is -0.213. The minimum Gasteiger partial charge on any atom is -0.475 e. The highest BCUT2D eigenvalue weighted by Crippen LogP contribution is 2.25. The van der Waals surface area contributed by atoms with Crippen molar-refractivity contribution in [2.24, 2.45) is 0 Å². The van der Waals surface area contributed by atoms with Crippen LogP contribution in [0.3, 0.4) is 0 Å². The van der Waals surface area contributed by atoms with Gasteiger partial charge in [-0.05, 0) is 19.4 Å². The maximum atomic E-state index is 11.4. The molecule has 0 saturated carbocycles. The van der Waals surface area contributed by atoms with E-state index in [4.69, 9.17) is 10.00 Å². The zero-order valence-corrected chi connectivity index (χ0v) is 10.0. The summed E-state index contributed by atoms with van der Waals surface area (Å²) < 4.78 is 5.34. The Kier molecular flexibility index (Phi) is 4.38. The van der Waals surface area contributed by atoms with Gasteiger partial charge in [0.05, 0.1) is 10.5 Å². The summed E-state index contributed by atoms with van der Waals surface area (Å²) in [7, 11) is 0. The number of non-ortho nitro benzene ring substituents is 1. The number of hydrogen-bond donors (Lipinski definition) is 0. The average Bonchev–Trinajstić information content (AvgIpc) is 2.35. The molecular weight excluding hydrogens is 236 g/mol. The number of ketones is 1. The molecule has 0 amide bonds. The topological polar surface area (TPSA) is 93.2 Å². The SMILES string of the molecule is CCC(C#N)Oc1ccc([N+](=O)[O-])cc1C(C)=O. The predicted octanol–water partition coefficient (Wildman–Crippen LogP) is 2.48. The molecule has 1 unspecified atom stereocenters. The first-order valence-corrected chi connectivity index (χ1v) is 5.35. The second-order valence-electron chi connectivity index (χ2n) is 3.64. The van der Waals surface area contributed by atoms with Gasteiger partial charge in [-0.2, -0.15) is 5.26 Å². The Morgan fingerprint density at radius 1 is 1.61 bits per heavy atom. The van der Waals surface area contributed by atoms with Gasteiger partial charge in [-0.3, -0.25) is 14.9 Å². The molecule has 0 bridgehead atoms. The van der Waals surface area contributed by atoms with Crippen LogP contribution >= 0.6 is 0 Å². The Hall–Kier alpha value is -2.42. The number of ether oxygens (including phenoxy) is 1. The lowest BCUT2D eigenvalue weighted by molar-refractivity contribution is -0.384. The minimum absolute atomic E-state index is 0.109. The molecule has 0 aliphatic carbocycles. The van der Waals surface area contributed by atoms with Gasteiger partial charge in [0.2, 0.25) is 0 Å². The molecule has 1 rings (SSSR count). The highest BCUT2D eigenvalue weighted by atomic mass is 16.6. The van der Waals surface area contributed by atoms with Crippen molar-refractivity contribution >= 4 is 11.5 Å². The van der Waals surface area contributed by atoms with Gasteiger partial charge in [-0.15, -0.1) is 0 Å². The fourth-order valence-electron chi connectivity index (χ4n) is 1.36. The lowest BCUT2D eigenvalue weighted by Crippen LogP contribution is -2.14. The molecule has 1 aromatic rings. The number of hydrogen-bond acceptors (Lipinski definition) is 5. The number of nitro groups is 1. The molecule has 0 saturated heterocycles. The Morgan fingerprint density at radius 3 is 2.72 bits per heavy atom. The molecule has 6 heteroatoms. The quantitative estimate of drug-likeness (QED) is 0.453. The third-order valence-electron chi connectivity index (χ3n) is 2.34. The number of Topliss-reactive ketones (excluding diaryl/α,β-unsaturated/α-hetero) is 1. The molecule has 1 aromatic carbocycles. The summed E-state index contributed by atoms with van der Waals surface area (Å²) in [4.78, 5) is 21.5. The third-order valence-corrected chi connectivity index (χ3v) is 2.34. The lowest BCUT2D eigenvalue weighted by Gasteiger charge is -2.12. The van der Waals surface area contributed by atoms with Crippen LogP contribution in [-0.4, -0.2) is 16.8 Å². The number of benzene rings is 1. The fourth-order valence-corrected chi connectivity index (χ4v) is 1.36. The van der Waals surface area contributed by atoms with E-state index in [1.165, 1.54) is 19.1 Å². The van der Waals surface area contributed by atoms with Crippen molar-refractivity contribution in [2.45, 2.75) is 26.4 Å². The van der Waals surface area contributed by atoms with Crippen molar-refractivity contribution in [3.05, 3.63) is 33.9 Å². The van der Waals surface area contributed by atoms with Crippen molar-refractivity contribution < 1.29 is 14.5 Å². The number of nitrogens with zero attached hydrogens (tertiary/aromatic N) is 2. The van der Waals surface area contributed by atoms with Crippen molar-refractivity contribution in [3.63, 3.8) is 0 Å². The first-order chi connectivity index (χ1) is 8.49. The first kappa shape index (κ1) is 13.6. The standard InChI is InChI=1S/C12H12N2O4/c1-3-10(7-13)18-12-5-4-9(14(16)17)6-11(12)8(2)15/h4-6,10H,3H2,1-2H3. The second kappa shape index (κ2) is 5.77. The molecule has 94 valence electrons. The molecule has 0 spiro atoms. The van der Waals surface area contributed by atoms with E-state index in [1.54, 1.807) is 6.92 Å². The third kappa shape index (κ3) is 3.04. The van der Waals surface area contributed by atoms with Gasteiger partial charge >= 0.3 is 0 Å². The van der Waals surface area contributed by atoms with Crippen LogP contribution in [0.4, 0.5) is 5.69 Å². The molecule has 0 heterocycles. The molecule has 0 aromatic heterocycles. The molecule has 18 heavy (non-hydrogen) atoms. The second-order valence-corrected chi connectivity index (χ2v) is 3.64. The van der Waals surface area contributed by atoms with Gasteiger partial charge in [0.1, 0.15) is 11.8 Å². The van der Waals surface area contributed by atoms with Gasteiger partial charge < -0.3 is 4.74 Å². The van der Waals surface area contributed by atoms with E-state index in [0.29, 0.717) is 6.42 Å². The van der Waals surface area contributed by atoms with E-state index in [0.717, 1.165) is 6.07 Å². The highest BCUT2D eigenvalue weighted by Gasteiger charge is 2.17. The number of carbonyl (C=O) groups excluding carboxylic acids is 1. The predicted molar refractivity (Wildman–Crippen MR) is 63.4 cm³/mol. The van der Waals surface area contributed by atoms with Crippen LogP contribution in [0.5, 0.6) is 5.75 Å². The van der Waals surface area contributed by atoms with E-state index >= 15 is 0 Å². The Bertz CT molecular complexity index is 519. The number of nitro benzene ring substituents is 1. The maximum absolute atomic E-state index is 11.4. The monoisotopic (exact) mass is 248 g/mol. The summed E-state index contributed by atoms with van der Waals surface area (Å²) in [6.45, 7) is 3.06. The number of nitriles is 1. The van der Waals surface area contributed by atoms with E-state index in [-0.39, 0.29) is 22.8 Å². The molecular formula is C12H12N2O4. The number of rotatable bonds is 5. The van der Waals surface area contributed by atoms with Gasteiger partial charge in [0.25, 0.3) is 5.69 Å². The van der Waals surface area contributed by atoms with Crippen LogP contribution in [0.25, 0.3) is 0 Å². The lowest BCUT2D eigenvalue weighted by atomic mass is 10.1. The molecule has 1 atom stereocenters. The van der Waals surface area contributed by atoms with E-state index < -0.39 is 11.0 Å². The van der Waals surface area contributed by atoms with Crippen LogP contribution < -0.4 is 4.74 Å². The largest absolute Gasteiger partial charge is 0.475 e. The van der Waals surface area contributed by atoms with Crippen molar-refractivity contribution in [1.82, 2.24) is 0 Å². The van der Waals surface area contributed by atoms with E-state index in [1.807, 2.05) is 6.07 Å². The van der Waals surface area contributed by atoms with Crippen LogP contribution in [-0.2, 0) is 0 Å². The fraction of sp³-hybridized carbons (Fsp3) is 0.333. The van der Waals surface area contributed by atoms with Gasteiger partial charge in [0.15, 0.2) is 11.9 Å². The van der Waals surface area contributed by atoms with Crippen molar-refractivity contribution in [1.29, 1.82) is 5.26 Å². The molecule has 0 fully saturated rings. The van der Waals surface area contributed by atoms with Crippen molar-refractivity contribution in [2.75, 3.05) is 0 Å². The van der Waals surface area contributed by atoms with Crippen LogP contribution in [0.2, 0.25) is 0 Å². The van der Waals surface area contributed by atoms with Gasteiger partial charge in [-0.1, -0.05) is 6.92 Å². The van der Waals surface area contributed by atoms with Crippen molar-refractivity contribution in [3.8, 4) is 11.8 Å². The summed E-state index contributed by atoms with van der Waals surface area (Å²) in [5.74, 6) is -0.150. The summed E-state index contributed by atoms with van der Waals surface area (Å²) in [5.41, 5.74) is -0.0737. The molecule has 0 aliphatic heterocycles.